The lowest BCUT2D eigenvalue weighted by Crippen LogP contribution is -1.90. The molecule has 0 aliphatic heterocycles. The van der Waals surface area contributed by atoms with Gasteiger partial charge in [-0.15, -0.1) is 0 Å². The van der Waals surface area contributed by atoms with Gasteiger partial charge in [0.1, 0.15) is 22.5 Å². The molecule has 1 aromatic heterocycles. The lowest BCUT2D eigenvalue weighted by atomic mass is 10.2. The first kappa shape index (κ1) is 11.0. The molecule has 1 aromatic carbocycles. The first-order chi connectivity index (χ1) is 7.65. The van der Waals surface area contributed by atoms with Crippen LogP contribution in [0.25, 0.3) is 0 Å². The Morgan fingerprint density at radius 2 is 2.06 bits per heavy atom. The van der Waals surface area contributed by atoms with E-state index in [4.69, 9.17) is 4.74 Å². The zero-order valence-corrected chi connectivity index (χ0v) is 10.0. The predicted molar refractivity (Wildman–Crippen MR) is 60.9 cm³/mol. The number of hydrogen-bond acceptors (Lipinski definition) is 3. The summed E-state index contributed by atoms with van der Waals surface area (Å²) in [5.41, 5.74) is 0.533. The summed E-state index contributed by atoms with van der Waals surface area (Å²) in [5.74, 6) is 0.702. The molecule has 1 heterocycles. The fourth-order valence-electron chi connectivity index (χ4n) is 1.17. The highest BCUT2D eigenvalue weighted by atomic mass is 79.9. The van der Waals surface area contributed by atoms with Crippen LogP contribution in [-0.2, 0) is 0 Å². The number of benzene rings is 1. The van der Waals surface area contributed by atoms with Gasteiger partial charge in [0, 0.05) is 6.07 Å². The molecule has 0 saturated heterocycles. The van der Waals surface area contributed by atoms with Gasteiger partial charge in [0.15, 0.2) is 0 Å². The molecule has 0 radical (unpaired) electrons. The minimum absolute atomic E-state index is 0.254. The molecule has 3 nitrogen and oxygen atoms in total. The summed E-state index contributed by atoms with van der Waals surface area (Å²) in [5, 5.41) is 0. The predicted octanol–water partition coefficient (Wildman–Crippen LogP) is 3.48. The van der Waals surface area contributed by atoms with Crippen LogP contribution in [0.5, 0.6) is 11.6 Å². The van der Waals surface area contributed by atoms with Crippen LogP contribution in [-0.4, -0.2) is 9.97 Å². The van der Waals surface area contributed by atoms with Crippen molar-refractivity contribution in [3.05, 3.63) is 46.6 Å². The lowest BCUT2D eigenvalue weighted by molar-refractivity contribution is 0.458. The van der Waals surface area contributed by atoms with E-state index < -0.39 is 0 Å². The van der Waals surface area contributed by atoms with Crippen molar-refractivity contribution in [1.29, 1.82) is 0 Å². The van der Waals surface area contributed by atoms with E-state index in [1.807, 2.05) is 0 Å². The molecular weight excluding hydrogens is 275 g/mol. The van der Waals surface area contributed by atoms with Gasteiger partial charge in [-0.05, 0) is 46.6 Å². The number of ether oxygens (including phenoxy) is 1. The first-order valence-electron chi connectivity index (χ1n) is 4.57. The van der Waals surface area contributed by atoms with E-state index >= 15 is 0 Å². The highest BCUT2D eigenvalue weighted by Crippen LogP contribution is 2.22. The van der Waals surface area contributed by atoms with Gasteiger partial charge in [-0.1, -0.05) is 0 Å². The molecule has 0 N–H and O–H groups in total. The molecule has 0 saturated carbocycles. The van der Waals surface area contributed by atoms with Gasteiger partial charge in [-0.3, -0.25) is 0 Å². The van der Waals surface area contributed by atoms with Crippen LogP contribution in [0.4, 0.5) is 4.39 Å². The van der Waals surface area contributed by atoms with Gasteiger partial charge < -0.3 is 4.74 Å². The Hall–Kier alpha value is -1.49. The second kappa shape index (κ2) is 4.57. The number of rotatable bonds is 2. The fraction of sp³-hybridized carbons (Fsp3) is 0.0909. The van der Waals surface area contributed by atoms with Gasteiger partial charge in [0.2, 0.25) is 5.88 Å². The molecule has 2 aromatic rings. The van der Waals surface area contributed by atoms with Crippen LogP contribution in [0.1, 0.15) is 5.56 Å². The van der Waals surface area contributed by atoms with Gasteiger partial charge >= 0.3 is 0 Å². The number of hydrogen-bond donors (Lipinski definition) is 0. The molecule has 5 heteroatoms. The van der Waals surface area contributed by atoms with Crippen LogP contribution >= 0.6 is 15.9 Å². The molecule has 0 fully saturated rings. The Morgan fingerprint density at radius 3 is 2.75 bits per heavy atom. The second-order valence-electron chi connectivity index (χ2n) is 3.19. The third-order valence-corrected chi connectivity index (χ3v) is 2.39. The number of nitrogens with zero attached hydrogens (tertiary/aromatic N) is 2. The summed E-state index contributed by atoms with van der Waals surface area (Å²) in [6.07, 6.45) is 1.38. The smallest absolute Gasteiger partial charge is 0.223 e. The number of aromatic nitrogens is 2. The Balaban J connectivity index is 2.24. The van der Waals surface area contributed by atoms with E-state index in [0.717, 1.165) is 0 Å². The van der Waals surface area contributed by atoms with E-state index in [0.29, 0.717) is 21.8 Å². The molecule has 0 atom stereocenters. The normalized spacial score (nSPS) is 10.2. The molecule has 0 spiro atoms. The van der Waals surface area contributed by atoms with Crippen molar-refractivity contribution in [3.63, 3.8) is 0 Å². The van der Waals surface area contributed by atoms with Crippen LogP contribution in [0, 0.1) is 12.7 Å². The molecular formula is C11H8BrFN2O. The summed E-state index contributed by atoms with van der Waals surface area (Å²) < 4.78 is 19.1. The number of aryl methyl sites for hydroxylation is 1. The van der Waals surface area contributed by atoms with Crippen molar-refractivity contribution in [2.24, 2.45) is 0 Å². The SMILES string of the molecule is Cc1cc(Oc2cc(Br)ncn2)ccc1F. The molecule has 16 heavy (non-hydrogen) atoms. The van der Waals surface area contributed by atoms with Crippen molar-refractivity contribution in [3.8, 4) is 11.6 Å². The summed E-state index contributed by atoms with van der Waals surface area (Å²) in [4.78, 5) is 7.81. The standard InChI is InChI=1S/C11H8BrFN2O/c1-7-4-8(2-3-9(7)13)16-11-5-10(12)14-6-15-11/h2-6H,1H3. The first-order valence-corrected chi connectivity index (χ1v) is 5.36. The maximum Gasteiger partial charge on any atom is 0.223 e. The van der Waals surface area contributed by atoms with Crippen molar-refractivity contribution in [1.82, 2.24) is 9.97 Å². The lowest BCUT2D eigenvalue weighted by Gasteiger charge is -2.05. The van der Waals surface area contributed by atoms with Crippen molar-refractivity contribution < 1.29 is 9.13 Å². The van der Waals surface area contributed by atoms with E-state index in [1.165, 1.54) is 12.4 Å². The molecule has 0 amide bonds. The Labute approximate surface area is 100 Å². The van der Waals surface area contributed by atoms with Crippen molar-refractivity contribution >= 4 is 15.9 Å². The molecule has 0 unspecified atom stereocenters. The average Bonchev–Trinajstić information content (AvgIpc) is 2.24. The van der Waals surface area contributed by atoms with E-state index in [2.05, 4.69) is 25.9 Å². The van der Waals surface area contributed by atoms with Gasteiger partial charge in [0.05, 0.1) is 0 Å². The minimum atomic E-state index is -0.254. The zero-order chi connectivity index (χ0) is 11.5. The van der Waals surface area contributed by atoms with E-state index in [9.17, 15) is 4.39 Å². The van der Waals surface area contributed by atoms with Gasteiger partial charge in [-0.25, -0.2) is 14.4 Å². The Kier molecular flexibility index (Phi) is 3.14. The molecule has 0 aliphatic carbocycles. The summed E-state index contributed by atoms with van der Waals surface area (Å²) in [6, 6.07) is 6.17. The minimum Gasteiger partial charge on any atom is -0.439 e. The summed E-state index contributed by atoms with van der Waals surface area (Å²) in [7, 11) is 0. The van der Waals surface area contributed by atoms with Gasteiger partial charge in [-0.2, -0.15) is 0 Å². The third kappa shape index (κ3) is 2.55. The summed E-state index contributed by atoms with van der Waals surface area (Å²) >= 11 is 3.21. The van der Waals surface area contributed by atoms with Crippen molar-refractivity contribution in [2.75, 3.05) is 0 Å². The molecule has 82 valence electrons. The zero-order valence-electron chi connectivity index (χ0n) is 8.45. The van der Waals surface area contributed by atoms with E-state index in [-0.39, 0.29) is 5.82 Å². The largest absolute Gasteiger partial charge is 0.439 e. The highest BCUT2D eigenvalue weighted by Gasteiger charge is 2.02. The van der Waals surface area contributed by atoms with Crippen LogP contribution < -0.4 is 4.74 Å². The molecule has 0 aliphatic rings. The monoisotopic (exact) mass is 282 g/mol. The molecule has 2 rings (SSSR count). The Bertz CT molecular complexity index is 519. The average molecular weight is 283 g/mol. The van der Waals surface area contributed by atoms with Crippen LogP contribution in [0.2, 0.25) is 0 Å². The van der Waals surface area contributed by atoms with E-state index in [1.54, 1.807) is 25.1 Å². The fourth-order valence-corrected chi connectivity index (χ4v) is 1.46. The topological polar surface area (TPSA) is 35.0 Å². The highest BCUT2D eigenvalue weighted by molar-refractivity contribution is 9.10. The van der Waals surface area contributed by atoms with Crippen molar-refractivity contribution in [2.45, 2.75) is 6.92 Å². The van der Waals surface area contributed by atoms with Crippen LogP contribution in [0.3, 0.4) is 0 Å². The number of halogens is 2. The molecule has 0 bridgehead atoms. The second-order valence-corrected chi connectivity index (χ2v) is 4.00. The third-order valence-electron chi connectivity index (χ3n) is 1.96. The van der Waals surface area contributed by atoms with Crippen LogP contribution in [0.15, 0.2) is 35.2 Å². The summed E-state index contributed by atoms with van der Waals surface area (Å²) in [6.45, 7) is 1.68. The maximum atomic E-state index is 13.0. The maximum absolute atomic E-state index is 13.0. The van der Waals surface area contributed by atoms with Gasteiger partial charge in [0.25, 0.3) is 0 Å². The quantitative estimate of drug-likeness (QED) is 0.791. The Morgan fingerprint density at radius 1 is 1.25 bits per heavy atom.